The summed E-state index contributed by atoms with van der Waals surface area (Å²) in [5, 5.41) is 2.59. The number of rotatable bonds is 9. The third-order valence-corrected chi connectivity index (χ3v) is 6.84. The third kappa shape index (κ3) is 6.50. The molecule has 0 aliphatic carbocycles. The fourth-order valence-corrected chi connectivity index (χ4v) is 4.09. The van der Waals surface area contributed by atoms with E-state index in [1.54, 1.807) is 12.1 Å². The van der Waals surface area contributed by atoms with Gasteiger partial charge in [0.2, 0.25) is 10.0 Å². The molecule has 3 aromatic carbocycles. The standard InChI is InChI=1S/C25H26N2O5S/c1-27(2)33(30,31)22-16-14-21(15-17-22)26-24(28)18-32-25(29)23-11-7-6-10-20(23)13-12-19-8-4-3-5-9-19/h3-11,14-17H,12-13,18H2,1-2H3,(H,26,28). The van der Waals surface area contributed by atoms with E-state index >= 15 is 0 Å². The van der Waals surface area contributed by atoms with Gasteiger partial charge in [-0.05, 0) is 54.3 Å². The lowest BCUT2D eigenvalue weighted by Crippen LogP contribution is -2.23. The van der Waals surface area contributed by atoms with Crippen LogP contribution in [0.5, 0.6) is 0 Å². The molecule has 1 N–H and O–H groups in total. The number of anilines is 1. The number of hydrogen-bond acceptors (Lipinski definition) is 5. The number of amides is 1. The summed E-state index contributed by atoms with van der Waals surface area (Å²) in [4.78, 5) is 24.9. The van der Waals surface area contributed by atoms with Gasteiger partial charge < -0.3 is 10.1 Å². The number of carbonyl (C=O) groups excluding carboxylic acids is 2. The maximum absolute atomic E-state index is 12.6. The minimum atomic E-state index is -3.55. The van der Waals surface area contributed by atoms with Gasteiger partial charge in [-0.2, -0.15) is 0 Å². The molecule has 0 unspecified atom stereocenters. The Morgan fingerprint density at radius 2 is 1.48 bits per heavy atom. The predicted molar refractivity (Wildman–Crippen MR) is 127 cm³/mol. The number of sulfonamides is 1. The van der Waals surface area contributed by atoms with Crippen LogP contribution in [0.4, 0.5) is 5.69 Å². The summed E-state index contributed by atoms with van der Waals surface area (Å²) < 4.78 is 30.5. The lowest BCUT2D eigenvalue weighted by Gasteiger charge is -2.12. The zero-order chi connectivity index (χ0) is 23.8. The molecule has 0 spiro atoms. The Hall–Kier alpha value is -3.49. The second-order valence-corrected chi connectivity index (χ2v) is 9.73. The Morgan fingerprint density at radius 3 is 2.15 bits per heavy atom. The van der Waals surface area contributed by atoms with E-state index in [1.807, 2.05) is 42.5 Å². The van der Waals surface area contributed by atoms with Gasteiger partial charge in [0.05, 0.1) is 10.5 Å². The first kappa shape index (κ1) is 24.2. The normalized spacial score (nSPS) is 11.2. The number of nitrogens with one attached hydrogen (secondary N) is 1. The van der Waals surface area contributed by atoms with E-state index in [9.17, 15) is 18.0 Å². The van der Waals surface area contributed by atoms with Gasteiger partial charge in [-0.3, -0.25) is 4.79 Å². The van der Waals surface area contributed by atoms with Gasteiger partial charge in [0.1, 0.15) is 0 Å². The molecule has 0 saturated heterocycles. The van der Waals surface area contributed by atoms with Crippen molar-refractivity contribution in [3.05, 3.63) is 95.6 Å². The second-order valence-electron chi connectivity index (χ2n) is 7.58. The first-order valence-corrected chi connectivity index (χ1v) is 11.8. The molecule has 0 radical (unpaired) electrons. The molecule has 172 valence electrons. The maximum Gasteiger partial charge on any atom is 0.338 e. The molecule has 0 aliphatic heterocycles. The molecule has 8 heteroatoms. The van der Waals surface area contributed by atoms with Crippen LogP contribution in [0.1, 0.15) is 21.5 Å². The first-order valence-electron chi connectivity index (χ1n) is 10.4. The summed E-state index contributed by atoms with van der Waals surface area (Å²) in [6.45, 7) is -0.455. The fourth-order valence-electron chi connectivity index (χ4n) is 3.19. The maximum atomic E-state index is 12.6. The van der Waals surface area contributed by atoms with Crippen molar-refractivity contribution in [1.82, 2.24) is 4.31 Å². The molecule has 3 aromatic rings. The molecule has 0 aromatic heterocycles. The minimum Gasteiger partial charge on any atom is -0.452 e. The number of benzene rings is 3. The quantitative estimate of drug-likeness (QED) is 0.487. The molecule has 1 amide bonds. The first-order chi connectivity index (χ1) is 15.8. The Balaban J connectivity index is 1.56. The molecular formula is C25H26N2O5S. The molecule has 33 heavy (non-hydrogen) atoms. The van der Waals surface area contributed by atoms with Gasteiger partial charge in [-0.25, -0.2) is 17.5 Å². The Bertz CT molecular complexity index is 1210. The average Bonchev–Trinajstić information content (AvgIpc) is 2.82. The second kappa shape index (κ2) is 10.9. The Labute approximate surface area is 194 Å². The largest absolute Gasteiger partial charge is 0.452 e. The molecule has 3 rings (SSSR count). The SMILES string of the molecule is CN(C)S(=O)(=O)c1ccc(NC(=O)COC(=O)c2ccccc2CCc2ccccc2)cc1. The molecule has 0 heterocycles. The van der Waals surface area contributed by atoms with Crippen molar-refractivity contribution in [3.63, 3.8) is 0 Å². The summed E-state index contributed by atoms with van der Waals surface area (Å²) in [6.07, 6.45) is 1.45. The minimum absolute atomic E-state index is 0.115. The highest BCUT2D eigenvalue weighted by molar-refractivity contribution is 7.89. The average molecular weight is 467 g/mol. The summed E-state index contributed by atoms with van der Waals surface area (Å²) >= 11 is 0. The summed E-state index contributed by atoms with van der Waals surface area (Å²) in [6, 6.07) is 22.9. The topological polar surface area (TPSA) is 92.8 Å². The van der Waals surface area contributed by atoms with Crippen LogP contribution in [-0.4, -0.2) is 45.3 Å². The highest BCUT2D eigenvalue weighted by Crippen LogP contribution is 2.17. The van der Waals surface area contributed by atoms with Crippen molar-refractivity contribution in [2.75, 3.05) is 26.0 Å². The lowest BCUT2D eigenvalue weighted by molar-refractivity contribution is -0.119. The van der Waals surface area contributed by atoms with Crippen LogP contribution in [0.2, 0.25) is 0 Å². The van der Waals surface area contributed by atoms with E-state index in [-0.39, 0.29) is 4.90 Å². The molecule has 7 nitrogen and oxygen atoms in total. The van der Waals surface area contributed by atoms with Crippen molar-refractivity contribution in [3.8, 4) is 0 Å². The van der Waals surface area contributed by atoms with E-state index < -0.39 is 28.5 Å². The van der Waals surface area contributed by atoms with Crippen LogP contribution >= 0.6 is 0 Å². The Kier molecular flexibility index (Phi) is 7.97. The van der Waals surface area contributed by atoms with E-state index in [2.05, 4.69) is 5.32 Å². The number of esters is 1. The van der Waals surface area contributed by atoms with Gasteiger partial charge >= 0.3 is 5.97 Å². The van der Waals surface area contributed by atoms with Crippen LogP contribution < -0.4 is 5.32 Å². The van der Waals surface area contributed by atoms with Crippen molar-refractivity contribution >= 4 is 27.6 Å². The van der Waals surface area contributed by atoms with Crippen LogP contribution in [0.15, 0.2) is 83.8 Å². The molecule has 0 atom stereocenters. The fraction of sp³-hybridized carbons (Fsp3) is 0.200. The highest BCUT2D eigenvalue weighted by Gasteiger charge is 2.17. The molecular weight excluding hydrogens is 440 g/mol. The van der Waals surface area contributed by atoms with Gasteiger partial charge in [-0.1, -0.05) is 48.5 Å². The van der Waals surface area contributed by atoms with Crippen LogP contribution in [0.3, 0.4) is 0 Å². The zero-order valence-electron chi connectivity index (χ0n) is 18.5. The predicted octanol–water partition coefficient (Wildman–Crippen LogP) is 3.52. The smallest absolute Gasteiger partial charge is 0.338 e. The number of carbonyl (C=O) groups is 2. The molecule has 0 fully saturated rings. The molecule has 0 aliphatic rings. The van der Waals surface area contributed by atoms with E-state index in [1.165, 1.54) is 43.9 Å². The number of nitrogens with zero attached hydrogens (tertiary/aromatic N) is 1. The summed E-state index contributed by atoms with van der Waals surface area (Å²) in [5.41, 5.74) is 2.85. The van der Waals surface area contributed by atoms with E-state index in [4.69, 9.17) is 4.74 Å². The van der Waals surface area contributed by atoms with E-state index in [0.29, 0.717) is 17.7 Å². The molecule has 0 saturated carbocycles. The van der Waals surface area contributed by atoms with E-state index in [0.717, 1.165) is 16.3 Å². The summed E-state index contributed by atoms with van der Waals surface area (Å²) in [5.74, 6) is -1.09. The Morgan fingerprint density at radius 1 is 0.848 bits per heavy atom. The number of ether oxygens (including phenoxy) is 1. The third-order valence-electron chi connectivity index (χ3n) is 5.01. The monoisotopic (exact) mass is 466 g/mol. The van der Waals surface area contributed by atoms with Crippen molar-refractivity contribution in [2.24, 2.45) is 0 Å². The zero-order valence-corrected chi connectivity index (χ0v) is 19.3. The highest BCUT2D eigenvalue weighted by atomic mass is 32.2. The lowest BCUT2D eigenvalue weighted by atomic mass is 10.00. The van der Waals surface area contributed by atoms with Crippen molar-refractivity contribution in [1.29, 1.82) is 0 Å². The van der Waals surface area contributed by atoms with Crippen molar-refractivity contribution < 1.29 is 22.7 Å². The van der Waals surface area contributed by atoms with Gasteiger partial charge in [0.25, 0.3) is 5.91 Å². The van der Waals surface area contributed by atoms with Gasteiger partial charge in [0.15, 0.2) is 6.61 Å². The van der Waals surface area contributed by atoms with Crippen LogP contribution in [0.25, 0.3) is 0 Å². The number of hydrogen-bond donors (Lipinski definition) is 1. The van der Waals surface area contributed by atoms with Gasteiger partial charge in [0, 0.05) is 19.8 Å². The summed E-state index contributed by atoms with van der Waals surface area (Å²) in [7, 11) is -0.662. The van der Waals surface area contributed by atoms with Gasteiger partial charge in [-0.15, -0.1) is 0 Å². The molecule has 0 bridgehead atoms. The number of aryl methyl sites for hydroxylation is 2. The van der Waals surface area contributed by atoms with Crippen LogP contribution in [0, 0.1) is 0 Å². The van der Waals surface area contributed by atoms with Crippen molar-refractivity contribution in [2.45, 2.75) is 17.7 Å². The van der Waals surface area contributed by atoms with Crippen LogP contribution in [-0.2, 0) is 32.4 Å².